The maximum absolute atomic E-state index is 12.3. The fourth-order valence-electron chi connectivity index (χ4n) is 2.70. The Labute approximate surface area is 211 Å². The van der Waals surface area contributed by atoms with Crippen LogP contribution >= 0.6 is 11.8 Å². The SMILES string of the molecule is C=C(C)OC(=O)NC(C(=O)O)C(=O)N[C@@H](CSC/C=C(\C)CC/C=C(\C)CCC=C(C)C)C(=O)O. The summed E-state index contributed by atoms with van der Waals surface area (Å²) in [6.45, 7) is 13.0. The number of hydrogen-bond acceptors (Lipinski definition) is 6. The average Bonchev–Trinajstić information content (AvgIpc) is 2.72. The molecule has 0 radical (unpaired) electrons. The van der Waals surface area contributed by atoms with Crippen LogP contribution in [0.25, 0.3) is 0 Å². The lowest BCUT2D eigenvalue weighted by atomic mass is 10.1. The molecule has 35 heavy (non-hydrogen) atoms. The maximum Gasteiger partial charge on any atom is 0.413 e. The fraction of sp³-hybridized carbons (Fsp3) is 0.520. The van der Waals surface area contributed by atoms with Crippen molar-refractivity contribution >= 4 is 35.7 Å². The lowest BCUT2D eigenvalue weighted by molar-refractivity contribution is -0.147. The number of hydrogen-bond donors (Lipinski definition) is 4. The normalized spacial score (nSPS) is 13.3. The van der Waals surface area contributed by atoms with Gasteiger partial charge in [-0.25, -0.2) is 14.4 Å². The first-order chi connectivity index (χ1) is 16.3. The maximum atomic E-state index is 12.3. The van der Waals surface area contributed by atoms with Gasteiger partial charge < -0.3 is 20.3 Å². The fourth-order valence-corrected chi connectivity index (χ4v) is 3.70. The third-order valence-corrected chi connectivity index (χ3v) is 5.58. The minimum absolute atomic E-state index is 0.000774. The van der Waals surface area contributed by atoms with E-state index in [0.717, 1.165) is 25.7 Å². The largest absolute Gasteiger partial charge is 0.480 e. The van der Waals surface area contributed by atoms with E-state index in [9.17, 15) is 29.4 Å². The monoisotopic (exact) mass is 510 g/mol. The van der Waals surface area contributed by atoms with Crippen molar-refractivity contribution in [2.24, 2.45) is 0 Å². The summed E-state index contributed by atoms with van der Waals surface area (Å²) >= 11 is 1.29. The Kier molecular flexibility index (Phi) is 15.9. The van der Waals surface area contributed by atoms with E-state index in [-0.39, 0.29) is 11.5 Å². The molecule has 1 unspecified atom stereocenters. The molecular weight excluding hydrogens is 472 g/mol. The van der Waals surface area contributed by atoms with Crippen molar-refractivity contribution in [3.8, 4) is 0 Å². The topological polar surface area (TPSA) is 142 Å². The molecule has 0 aliphatic rings. The molecule has 0 aliphatic carbocycles. The van der Waals surface area contributed by atoms with Gasteiger partial charge in [0.1, 0.15) is 6.04 Å². The van der Waals surface area contributed by atoms with E-state index in [4.69, 9.17) is 0 Å². The number of aliphatic carboxylic acids is 2. The standard InChI is InChI=1S/C25H38N2O7S/c1-16(2)9-7-10-18(5)11-8-12-19(6)13-14-35-15-20(23(29)30)26-22(28)21(24(31)32)27-25(33)34-17(3)4/h9,11,13,20-21H,3,7-8,10,12,14-15H2,1-2,4-6H3,(H,26,28)(H,27,33)(H,29,30)(H,31,32)/b18-11+,19-13+/t20-,21?/m0/s1. The molecule has 2 amide bonds. The molecule has 0 saturated heterocycles. The zero-order valence-corrected chi connectivity index (χ0v) is 22.0. The number of alkyl carbamates (subject to hydrolysis) is 1. The highest BCUT2D eigenvalue weighted by molar-refractivity contribution is 7.99. The van der Waals surface area contributed by atoms with E-state index in [1.165, 1.54) is 35.4 Å². The molecule has 0 saturated carbocycles. The van der Waals surface area contributed by atoms with Crippen LogP contribution in [0.1, 0.15) is 60.3 Å². The first-order valence-corrected chi connectivity index (χ1v) is 12.4. The molecule has 0 aromatic carbocycles. The molecule has 0 rings (SSSR count). The third-order valence-electron chi connectivity index (χ3n) is 4.61. The van der Waals surface area contributed by atoms with E-state index in [2.05, 4.69) is 49.6 Å². The zero-order valence-electron chi connectivity index (χ0n) is 21.2. The molecule has 196 valence electrons. The number of amides is 2. The van der Waals surface area contributed by atoms with Crippen LogP contribution in [0.4, 0.5) is 4.79 Å². The van der Waals surface area contributed by atoms with E-state index in [1.54, 1.807) is 0 Å². The van der Waals surface area contributed by atoms with E-state index in [0.29, 0.717) is 5.75 Å². The van der Waals surface area contributed by atoms with Crippen LogP contribution in [0.2, 0.25) is 0 Å². The first kappa shape index (κ1) is 32.0. The number of carbonyl (C=O) groups excluding carboxylic acids is 2. The second kappa shape index (κ2) is 17.4. The van der Waals surface area contributed by atoms with Crippen molar-refractivity contribution in [3.63, 3.8) is 0 Å². The van der Waals surface area contributed by atoms with Crippen molar-refractivity contribution in [2.45, 2.75) is 72.4 Å². The van der Waals surface area contributed by atoms with Crippen LogP contribution < -0.4 is 10.6 Å². The Morgan fingerprint density at radius 1 is 0.886 bits per heavy atom. The predicted octanol–water partition coefficient (Wildman–Crippen LogP) is 4.42. The molecule has 2 atom stereocenters. The predicted molar refractivity (Wildman–Crippen MR) is 138 cm³/mol. The number of thioether (sulfide) groups is 1. The van der Waals surface area contributed by atoms with Gasteiger partial charge in [-0.05, 0) is 60.3 Å². The van der Waals surface area contributed by atoms with Crippen LogP contribution in [0.3, 0.4) is 0 Å². The van der Waals surface area contributed by atoms with Crippen LogP contribution in [0, 0.1) is 0 Å². The molecular formula is C25H38N2O7S. The van der Waals surface area contributed by atoms with Crippen LogP contribution in [0.5, 0.6) is 0 Å². The molecule has 0 bridgehead atoms. The molecule has 0 spiro atoms. The van der Waals surface area contributed by atoms with Crippen molar-refractivity contribution in [3.05, 3.63) is 47.3 Å². The average molecular weight is 511 g/mol. The van der Waals surface area contributed by atoms with Crippen molar-refractivity contribution in [1.82, 2.24) is 10.6 Å². The van der Waals surface area contributed by atoms with Crippen LogP contribution in [-0.4, -0.2) is 57.7 Å². The highest BCUT2D eigenvalue weighted by Crippen LogP contribution is 2.13. The molecule has 0 fully saturated rings. The number of carbonyl (C=O) groups is 4. The molecule has 0 heterocycles. The minimum atomic E-state index is -2.01. The van der Waals surface area contributed by atoms with Crippen molar-refractivity contribution < 1.29 is 34.1 Å². The highest BCUT2D eigenvalue weighted by Gasteiger charge is 2.32. The lowest BCUT2D eigenvalue weighted by Crippen LogP contribution is -2.55. The highest BCUT2D eigenvalue weighted by atomic mass is 32.2. The van der Waals surface area contributed by atoms with Gasteiger partial charge in [-0.2, -0.15) is 11.8 Å². The van der Waals surface area contributed by atoms with Gasteiger partial charge in [-0.1, -0.05) is 41.5 Å². The molecule has 10 heteroatoms. The lowest BCUT2D eigenvalue weighted by Gasteiger charge is -2.18. The van der Waals surface area contributed by atoms with Crippen molar-refractivity contribution in [1.29, 1.82) is 0 Å². The summed E-state index contributed by atoms with van der Waals surface area (Å²) in [5.41, 5.74) is 3.85. The van der Waals surface area contributed by atoms with Gasteiger partial charge >= 0.3 is 18.0 Å². The number of carboxylic acid groups (broad SMARTS) is 2. The Morgan fingerprint density at radius 2 is 1.46 bits per heavy atom. The van der Waals surface area contributed by atoms with E-state index >= 15 is 0 Å². The summed E-state index contributed by atoms with van der Waals surface area (Å²) in [5.74, 6) is -3.56. The molecule has 0 aromatic rings. The second-order valence-electron chi connectivity index (χ2n) is 8.40. The van der Waals surface area contributed by atoms with Crippen LogP contribution in [0.15, 0.2) is 47.3 Å². The third kappa shape index (κ3) is 16.3. The zero-order chi connectivity index (χ0) is 27.0. The second-order valence-corrected chi connectivity index (χ2v) is 9.48. The minimum Gasteiger partial charge on any atom is -0.480 e. The van der Waals surface area contributed by atoms with Gasteiger partial charge in [0.2, 0.25) is 6.04 Å². The Hall–Kier alpha value is -3.01. The number of ether oxygens (including phenoxy) is 1. The number of carboxylic acids is 2. The molecule has 9 nitrogen and oxygen atoms in total. The number of rotatable bonds is 16. The van der Waals surface area contributed by atoms with Gasteiger partial charge in [0.25, 0.3) is 5.91 Å². The molecule has 0 aromatic heterocycles. The Balaban J connectivity index is 4.66. The summed E-state index contributed by atoms with van der Waals surface area (Å²) in [7, 11) is 0. The van der Waals surface area contributed by atoms with Gasteiger partial charge in [0.15, 0.2) is 0 Å². The summed E-state index contributed by atoms with van der Waals surface area (Å²) in [4.78, 5) is 46.7. The van der Waals surface area contributed by atoms with Crippen molar-refractivity contribution in [2.75, 3.05) is 11.5 Å². The number of nitrogens with one attached hydrogen (secondary N) is 2. The smallest absolute Gasteiger partial charge is 0.413 e. The molecule has 4 N–H and O–H groups in total. The van der Waals surface area contributed by atoms with Gasteiger partial charge in [0, 0.05) is 11.5 Å². The van der Waals surface area contributed by atoms with E-state index in [1.807, 2.05) is 18.3 Å². The van der Waals surface area contributed by atoms with Crippen LogP contribution in [-0.2, 0) is 19.1 Å². The number of allylic oxidation sites excluding steroid dienone is 6. The Morgan fingerprint density at radius 3 is 1.97 bits per heavy atom. The summed E-state index contributed by atoms with van der Waals surface area (Å²) in [6, 6.07) is -3.33. The quantitative estimate of drug-likeness (QED) is 0.103. The van der Waals surface area contributed by atoms with Gasteiger partial charge in [0.05, 0.1) is 5.76 Å². The first-order valence-electron chi connectivity index (χ1n) is 11.3. The molecule has 0 aliphatic heterocycles. The van der Waals surface area contributed by atoms with Gasteiger partial charge in [-0.3, -0.25) is 10.1 Å². The van der Waals surface area contributed by atoms with Gasteiger partial charge in [-0.15, -0.1) is 0 Å². The summed E-state index contributed by atoms with van der Waals surface area (Å²) in [6.07, 6.45) is 9.19. The Bertz CT molecular complexity index is 858. The summed E-state index contributed by atoms with van der Waals surface area (Å²) in [5, 5.41) is 22.6. The van der Waals surface area contributed by atoms with E-state index < -0.39 is 36.0 Å². The summed E-state index contributed by atoms with van der Waals surface area (Å²) < 4.78 is 4.58.